The molecule has 5 heteroatoms. The van der Waals surface area contributed by atoms with E-state index in [1.807, 2.05) is 30.5 Å². The van der Waals surface area contributed by atoms with E-state index in [4.69, 9.17) is 8.83 Å². The normalized spacial score (nSPS) is 11.7. The number of anilines is 3. The molecule has 0 N–H and O–H groups in total. The Balaban J connectivity index is 1.39. The molecule has 0 amide bonds. The topological polar surface area (TPSA) is 55.3 Å². The Morgan fingerprint density at radius 1 is 0.512 bits per heavy atom. The van der Waals surface area contributed by atoms with Crippen LogP contribution in [0.3, 0.4) is 0 Å². The van der Waals surface area contributed by atoms with E-state index in [-0.39, 0.29) is 0 Å². The van der Waals surface area contributed by atoms with E-state index in [2.05, 4.69) is 112 Å². The van der Waals surface area contributed by atoms with Crippen molar-refractivity contribution in [3.05, 3.63) is 140 Å². The van der Waals surface area contributed by atoms with Gasteiger partial charge in [-0.2, -0.15) is 0 Å². The summed E-state index contributed by atoms with van der Waals surface area (Å²) in [5.74, 6) is 0. The fraction of sp³-hybridized carbons (Fsp3) is 0. The number of furan rings is 2. The Kier molecular flexibility index (Phi) is 5.13. The van der Waals surface area contributed by atoms with Gasteiger partial charge in [-0.25, -0.2) is 4.98 Å². The average Bonchev–Trinajstić information content (AvgIpc) is 3.64. The summed E-state index contributed by atoms with van der Waals surface area (Å²) in [6.07, 6.45) is 5.35. The van der Waals surface area contributed by atoms with Gasteiger partial charge in [-0.05, 0) is 71.1 Å². The highest BCUT2D eigenvalue weighted by molar-refractivity contribution is 6.13. The molecule has 5 nitrogen and oxygen atoms in total. The number of aromatic nitrogens is 2. The number of fused-ring (bicyclic) bond motifs is 7. The molecule has 43 heavy (non-hydrogen) atoms. The van der Waals surface area contributed by atoms with Crippen molar-refractivity contribution in [2.75, 3.05) is 4.90 Å². The Hall–Kier alpha value is -5.94. The third kappa shape index (κ3) is 3.72. The lowest BCUT2D eigenvalue weighted by atomic mass is 9.98. The predicted octanol–water partition coefficient (Wildman–Crippen LogP) is 10.6. The Labute approximate surface area is 246 Å². The van der Waals surface area contributed by atoms with Crippen LogP contribution in [0.4, 0.5) is 17.1 Å². The molecule has 0 aliphatic carbocycles. The second-order valence-corrected chi connectivity index (χ2v) is 10.7. The summed E-state index contributed by atoms with van der Waals surface area (Å²) in [4.78, 5) is 11.1. The first kappa shape index (κ1) is 23.7. The van der Waals surface area contributed by atoms with Gasteiger partial charge in [0, 0.05) is 45.0 Å². The molecule has 0 saturated heterocycles. The van der Waals surface area contributed by atoms with Crippen LogP contribution in [0.2, 0.25) is 0 Å². The van der Waals surface area contributed by atoms with E-state index in [9.17, 15) is 0 Å². The summed E-state index contributed by atoms with van der Waals surface area (Å²) in [7, 11) is 0. The van der Waals surface area contributed by atoms with Crippen molar-refractivity contribution in [3.8, 4) is 11.1 Å². The third-order valence-electron chi connectivity index (χ3n) is 8.20. The predicted molar refractivity (Wildman–Crippen MR) is 174 cm³/mol. The summed E-state index contributed by atoms with van der Waals surface area (Å²) in [5.41, 5.74) is 8.26. The summed E-state index contributed by atoms with van der Waals surface area (Å²) < 4.78 is 12.6. The van der Waals surface area contributed by atoms with E-state index in [0.29, 0.717) is 5.71 Å². The van der Waals surface area contributed by atoms with Gasteiger partial charge >= 0.3 is 0 Å². The average molecular weight is 554 g/mol. The van der Waals surface area contributed by atoms with Gasteiger partial charge in [0.25, 0.3) is 0 Å². The van der Waals surface area contributed by atoms with Crippen LogP contribution >= 0.6 is 0 Å². The van der Waals surface area contributed by atoms with Gasteiger partial charge in [-0.3, -0.25) is 4.98 Å². The van der Waals surface area contributed by atoms with Crippen molar-refractivity contribution >= 4 is 71.8 Å². The van der Waals surface area contributed by atoms with Gasteiger partial charge in [-0.1, -0.05) is 66.7 Å². The van der Waals surface area contributed by atoms with E-state index >= 15 is 0 Å². The Bertz CT molecular complexity index is 2480. The maximum absolute atomic E-state index is 6.54. The molecular weight excluding hydrogens is 530 g/mol. The van der Waals surface area contributed by atoms with E-state index in [0.717, 1.165) is 77.3 Å². The molecule has 4 heterocycles. The zero-order chi connectivity index (χ0) is 28.3. The van der Waals surface area contributed by atoms with E-state index < -0.39 is 0 Å². The van der Waals surface area contributed by atoms with Crippen molar-refractivity contribution in [1.82, 2.24) is 9.97 Å². The molecule has 5 aromatic carbocycles. The van der Waals surface area contributed by atoms with Crippen molar-refractivity contribution in [3.63, 3.8) is 0 Å². The minimum absolute atomic E-state index is 0.629. The molecule has 0 aliphatic heterocycles. The number of para-hydroxylation sites is 1. The molecule has 0 fully saturated rings. The first-order valence-electron chi connectivity index (χ1n) is 14.2. The minimum Gasteiger partial charge on any atom is -0.452 e. The highest BCUT2D eigenvalue weighted by atomic mass is 16.3. The number of pyridine rings is 2. The fourth-order valence-corrected chi connectivity index (χ4v) is 6.23. The van der Waals surface area contributed by atoms with Crippen LogP contribution in [0.5, 0.6) is 0 Å². The molecule has 0 atom stereocenters. The third-order valence-corrected chi connectivity index (χ3v) is 8.20. The number of hydrogen-bond acceptors (Lipinski definition) is 5. The van der Waals surface area contributed by atoms with Crippen LogP contribution < -0.4 is 4.90 Å². The molecule has 0 bridgehead atoms. The van der Waals surface area contributed by atoms with Crippen LogP contribution in [0.15, 0.2) is 149 Å². The summed E-state index contributed by atoms with van der Waals surface area (Å²) in [5, 5.41) is 6.37. The number of hydrogen-bond donors (Lipinski definition) is 0. The van der Waals surface area contributed by atoms with Gasteiger partial charge in [0.15, 0.2) is 11.2 Å². The molecule has 202 valence electrons. The zero-order valence-corrected chi connectivity index (χ0v) is 22.9. The first-order valence-corrected chi connectivity index (χ1v) is 14.2. The largest absolute Gasteiger partial charge is 0.452 e. The summed E-state index contributed by atoms with van der Waals surface area (Å²) in [6, 6.07) is 42.3. The number of benzene rings is 5. The number of rotatable bonds is 4. The van der Waals surface area contributed by atoms with Crippen molar-refractivity contribution < 1.29 is 8.83 Å². The molecule has 4 aromatic heterocycles. The lowest BCUT2D eigenvalue weighted by Gasteiger charge is -2.27. The first-order chi connectivity index (χ1) is 21.3. The zero-order valence-electron chi connectivity index (χ0n) is 22.9. The monoisotopic (exact) mass is 553 g/mol. The second kappa shape index (κ2) is 9.29. The van der Waals surface area contributed by atoms with Crippen molar-refractivity contribution in [1.29, 1.82) is 0 Å². The molecule has 9 aromatic rings. The van der Waals surface area contributed by atoms with Gasteiger partial charge in [0.05, 0.1) is 17.6 Å². The van der Waals surface area contributed by atoms with Crippen LogP contribution in [0, 0.1) is 0 Å². The molecule has 9 rings (SSSR count). The lowest BCUT2D eigenvalue weighted by Crippen LogP contribution is -2.11. The molecule has 0 unspecified atom stereocenters. The molecule has 0 spiro atoms. The van der Waals surface area contributed by atoms with E-state index in [1.54, 1.807) is 12.4 Å². The van der Waals surface area contributed by atoms with Crippen LogP contribution in [-0.2, 0) is 0 Å². The summed E-state index contributed by atoms with van der Waals surface area (Å²) in [6.45, 7) is 0. The standard InChI is InChI=1S/C38H23N3O2/c1-2-8-24(9-3-1)26-20-25-10-4-5-11-28(25)34(21-26)41(27-15-16-35-32(22-27)31-13-7-18-40-38(31)43-35)33-14-6-12-30-29-17-19-39-23-36(29)42-37(30)33/h1-23H. The SMILES string of the molecule is c1ccc(-c2cc(N(c3ccc4oc5ncccc5c4c3)c3cccc4c3oc3cnccc34)c3ccccc3c2)cc1. The van der Waals surface area contributed by atoms with Gasteiger partial charge < -0.3 is 13.7 Å². The molecular formula is C38H23N3O2. The van der Waals surface area contributed by atoms with Gasteiger partial charge in [0.2, 0.25) is 5.71 Å². The quantitative estimate of drug-likeness (QED) is 0.217. The molecule has 0 radical (unpaired) electrons. The number of nitrogens with zero attached hydrogens (tertiary/aromatic N) is 3. The van der Waals surface area contributed by atoms with Crippen LogP contribution in [0.1, 0.15) is 0 Å². The summed E-state index contributed by atoms with van der Waals surface area (Å²) >= 11 is 0. The van der Waals surface area contributed by atoms with Crippen LogP contribution in [-0.4, -0.2) is 9.97 Å². The highest BCUT2D eigenvalue weighted by Crippen LogP contribution is 2.46. The second-order valence-electron chi connectivity index (χ2n) is 10.7. The van der Waals surface area contributed by atoms with Gasteiger partial charge in [0.1, 0.15) is 5.58 Å². The highest BCUT2D eigenvalue weighted by Gasteiger charge is 2.23. The Morgan fingerprint density at radius 3 is 2.33 bits per heavy atom. The smallest absolute Gasteiger partial charge is 0.227 e. The molecule has 0 aliphatic rings. The van der Waals surface area contributed by atoms with Crippen molar-refractivity contribution in [2.24, 2.45) is 0 Å². The maximum atomic E-state index is 6.54. The fourth-order valence-electron chi connectivity index (χ4n) is 6.23. The molecule has 0 saturated carbocycles. The van der Waals surface area contributed by atoms with Gasteiger partial charge in [-0.15, -0.1) is 0 Å². The van der Waals surface area contributed by atoms with Crippen LogP contribution in [0.25, 0.3) is 65.9 Å². The Morgan fingerprint density at radius 2 is 1.37 bits per heavy atom. The van der Waals surface area contributed by atoms with E-state index in [1.165, 1.54) is 0 Å². The lowest BCUT2D eigenvalue weighted by molar-refractivity contribution is 0.654. The minimum atomic E-state index is 0.629. The maximum Gasteiger partial charge on any atom is 0.227 e. The van der Waals surface area contributed by atoms with Crippen molar-refractivity contribution in [2.45, 2.75) is 0 Å².